The molecular weight excluding hydrogens is 434 g/mol. The van der Waals surface area contributed by atoms with Crippen molar-refractivity contribution in [3.8, 4) is 11.5 Å². The number of benzene rings is 1. The third-order valence-electron chi connectivity index (χ3n) is 5.19. The zero-order valence-corrected chi connectivity index (χ0v) is 20.0. The zero-order valence-electron chi connectivity index (χ0n) is 20.0. The molecule has 3 aromatic rings. The number of nitrogens with one attached hydrogen (secondary N) is 2. The Bertz CT molecular complexity index is 1160. The van der Waals surface area contributed by atoms with Gasteiger partial charge in [-0.25, -0.2) is 9.78 Å². The van der Waals surface area contributed by atoms with Crippen molar-refractivity contribution in [3.63, 3.8) is 0 Å². The van der Waals surface area contributed by atoms with Crippen LogP contribution in [0.25, 0.3) is 0 Å². The molecule has 4 rings (SSSR count). The molecular formula is C25H29N5O4. The van der Waals surface area contributed by atoms with E-state index < -0.39 is 11.7 Å². The topological polar surface area (TPSA) is 97.8 Å². The molecule has 178 valence electrons. The van der Waals surface area contributed by atoms with Crippen LogP contribution in [0.3, 0.4) is 0 Å². The van der Waals surface area contributed by atoms with Crippen LogP contribution in [0.2, 0.25) is 0 Å². The summed E-state index contributed by atoms with van der Waals surface area (Å²) in [5.41, 5.74) is 1.94. The highest BCUT2D eigenvalue weighted by atomic mass is 16.6. The summed E-state index contributed by atoms with van der Waals surface area (Å²) in [6, 6.07) is 13.0. The minimum absolute atomic E-state index is 0.164. The average molecular weight is 464 g/mol. The highest BCUT2D eigenvalue weighted by Crippen LogP contribution is 2.36. The summed E-state index contributed by atoms with van der Waals surface area (Å²) in [7, 11) is 3.17. The molecule has 1 aliphatic heterocycles. The Balaban J connectivity index is 1.65. The Labute approximate surface area is 199 Å². The molecule has 0 fully saturated rings. The summed E-state index contributed by atoms with van der Waals surface area (Å²) in [5.74, 6) is 2.36. The Morgan fingerprint density at radius 2 is 1.91 bits per heavy atom. The monoisotopic (exact) mass is 463 g/mol. The number of fused-ring (bicyclic) bond motifs is 1. The van der Waals surface area contributed by atoms with Gasteiger partial charge in [0.25, 0.3) is 0 Å². The maximum Gasteiger partial charge on any atom is 0.416 e. The first-order valence-electron chi connectivity index (χ1n) is 10.9. The van der Waals surface area contributed by atoms with Crippen molar-refractivity contribution < 1.29 is 19.0 Å². The molecule has 0 aliphatic carbocycles. The van der Waals surface area contributed by atoms with Gasteiger partial charge in [-0.05, 0) is 51.1 Å². The molecule has 9 nitrogen and oxygen atoms in total. The highest BCUT2D eigenvalue weighted by Gasteiger charge is 2.28. The van der Waals surface area contributed by atoms with E-state index >= 15 is 0 Å². The standard InChI is InChI=1S/C25H29N5O4/c1-25(2,3)34-24(31)30(15-17-8-9-18(32-4)13-20(17)33-5)21-11-10-19-23(28-21)29-22(27-19)16-7-6-12-26-14-16/h6-14,22,27H,15H2,1-5H3,(H,28,29). The molecule has 1 atom stereocenters. The molecule has 2 aromatic heterocycles. The number of anilines is 3. The summed E-state index contributed by atoms with van der Waals surface area (Å²) in [5, 5.41) is 6.74. The molecule has 1 unspecified atom stereocenters. The fraction of sp³-hybridized carbons (Fsp3) is 0.320. The van der Waals surface area contributed by atoms with E-state index in [0.29, 0.717) is 23.1 Å². The molecule has 0 saturated carbocycles. The SMILES string of the molecule is COc1ccc(CN(C(=O)OC(C)(C)C)c2ccc3c(n2)NC(c2cccnc2)N3)c(OC)c1. The number of amides is 1. The molecule has 0 spiro atoms. The lowest BCUT2D eigenvalue weighted by Gasteiger charge is -2.27. The molecule has 1 amide bonds. The number of carbonyl (C=O) groups excluding carboxylic acids is 1. The fourth-order valence-corrected chi connectivity index (χ4v) is 3.58. The molecule has 0 radical (unpaired) electrons. The van der Waals surface area contributed by atoms with E-state index in [-0.39, 0.29) is 12.7 Å². The van der Waals surface area contributed by atoms with Crippen molar-refractivity contribution in [1.29, 1.82) is 0 Å². The van der Waals surface area contributed by atoms with E-state index in [9.17, 15) is 4.79 Å². The number of hydrogen-bond acceptors (Lipinski definition) is 8. The third-order valence-corrected chi connectivity index (χ3v) is 5.19. The van der Waals surface area contributed by atoms with Crippen LogP contribution in [0.4, 0.5) is 22.1 Å². The van der Waals surface area contributed by atoms with Crippen LogP contribution in [0.1, 0.15) is 38.1 Å². The van der Waals surface area contributed by atoms with Gasteiger partial charge < -0.3 is 24.8 Å². The second kappa shape index (κ2) is 9.46. The lowest BCUT2D eigenvalue weighted by Crippen LogP contribution is -2.37. The Morgan fingerprint density at radius 1 is 1.09 bits per heavy atom. The van der Waals surface area contributed by atoms with Gasteiger partial charge in [0, 0.05) is 29.6 Å². The highest BCUT2D eigenvalue weighted by molar-refractivity contribution is 5.88. The number of aromatic nitrogens is 2. The lowest BCUT2D eigenvalue weighted by atomic mass is 10.1. The van der Waals surface area contributed by atoms with E-state index in [0.717, 1.165) is 16.8 Å². The van der Waals surface area contributed by atoms with Crippen molar-refractivity contribution >= 4 is 23.4 Å². The zero-order chi connectivity index (χ0) is 24.3. The summed E-state index contributed by atoms with van der Waals surface area (Å²) >= 11 is 0. The Kier molecular flexibility index (Phi) is 6.45. The van der Waals surface area contributed by atoms with Gasteiger partial charge in [0.2, 0.25) is 0 Å². The van der Waals surface area contributed by atoms with Crippen LogP contribution >= 0.6 is 0 Å². The Morgan fingerprint density at radius 3 is 2.59 bits per heavy atom. The van der Waals surface area contributed by atoms with Gasteiger partial charge in [-0.3, -0.25) is 9.88 Å². The Hall–Kier alpha value is -4.01. The normalized spacial score (nSPS) is 14.4. The first-order valence-corrected chi connectivity index (χ1v) is 10.9. The van der Waals surface area contributed by atoms with Gasteiger partial charge in [0.05, 0.1) is 26.5 Å². The second-order valence-corrected chi connectivity index (χ2v) is 8.82. The molecule has 1 aromatic carbocycles. The van der Waals surface area contributed by atoms with Gasteiger partial charge in [-0.1, -0.05) is 6.07 Å². The van der Waals surface area contributed by atoms with Crippen molar-refractivity contribution in [2.45, 2.75) is 39.1 Å². The third kappa shape index (κ3) is 5.14. The molecule has 9 heteroatoms. The molecule has 1 aliphatic rings. The van der Waals surface area contributed by atoms with Gasteiger partial charge in [-0.2, -0.15) is 0 Å². The van der Waals surface area contributed by atoms with Crippen molar-refractivity contribution in [3.05, 3.63) is 66.0 Å². The van der Waals surface area contributed by atoms with Crippen molar-refractivity contribution in [1.82, 2.24) is 9.97 Å². The quantitative estimate of drug-likeness (QED) is 0.529. The fourth-order valence-electron chi connectivity index (χ4n) is 3.58. The summed E-state index contributed by atoms with van der Waals surface area (Å²) < 4.78 is 16.5. The van der Waals surface area contributed by atoms with Crippen LogP contribution in [-0.4, -0.2) is 35.9 Å². The second-order valence-electron chi connectivity index (χ2n) is 8.82. The molecule has 0 saturated heterocycles. The summed E-state index contributed by atoms with van der Waals surface area (Å²) in [6.07, 6.45) is 2.85. The van der Waals surface area contributed by atoms with Crippen LogP contribution in [0, 0.1) is 0 Å². The van der Waals surface area contributed by atoms with Crippen LogP contribution in [0.15, 0.2) is 54.9 Å². The van der Waals surface area contributed by atoms with Gasteiger partial charge in [0.1, 0.15) is 29.1 Å². The number of methoxy groups -OCH3 is 2. The average Bonchev–Trinajstić information content (AvgIpc) is 3.25. The van der Waals surface area contributed by atoms with Gasteiger partial charge >= 0.3 is 6.09 Å². The number of ether oxygens (including phenoxy) is 3. The largest absolute Gasteiger partial charge is 0.497 e. The molecule has 34 heavy (non-hydrogen) atoms. The van der Waals surface area contributed by atoms with Crippen molar-refractivity contribution in [2.24, 2.45) is 0 Å². The van der Waals surface area contributed by atoms with Gasteiger partial charge in [0.15, 0.2) is 5.82 Å². The maximum absolute atomic E-state index is 13.2. The van der Waals surface area contributed by atoms with E-state index in [4.69, 9.17) is 19.2 Å². The predicted molar refractivity (Wildman–Crippen MR) is 130 cm³/mol. The van der Waals surface area contributed by atoms with Crippen LogP contribution < -0.4 is 25.0 Å². The lowest BCUT2D eigenvalue weighted by molar-refractivity contribution is 0.0576. The van der Waals surface area contributed by atoms with Gasteiger partial charge in [-0.15, -0.1) is 0 Å². The number of rotatable bonds is 6. The maximum atomic E-state index is 13.2. The smallest absolute Gasteiger partial charge is 0.416 e. The molecule has 0 bridgehead atoms. The molecule has 3 heterocycles. The number of hydrogen-bond donors (Lipinski definition) is 2. The van der Waals surface area contributed by atoms with E-state index in [1.165, 1.54) is 4.90 Å². The minimum Gasteiger partial charge on any atom is -0.497 e. The summed E-state index contributed by atoms with van der Waals surface area (Å²) in [6.45, 7) is 5.69. The first kappa shape index (κ1) is 23.2. The number of pyridine rings is 2. The first-order chi connectivity index (χ1) is 16.3. The number of nitrogens with zero attached hydrogens (tertiary/aromatic N) is 3. The van der Waals surface area contributed by atoms with Crippen molar-refractivity contribution in [2.75, 3.05) is 29.8 Å². The minimum atomic E-state index is -0.665. The van der Waals surface area contributed by atoms with Crippen LogP contribution in [0.5, 0.6) is 11.5 Å². The predicted octanol–water partition coefficient (Wildman–Crippen LogP) is 4.97. The molecule has 2 N–H and O–H groups in total. The van der Waals surface area contributed by atoms with Crippen LogP contribution in [-0.2, 0) is 11.3 Å². The summed E-state index contributed by atoms with van der Waals surface area (Å²) in [4.78, 5) is 23.6. The van der Waals surface area contributed by atoms with E-state index in [1.54, 1.807) is 38.7 Å². The number of carbonyl (C=O) groups is 1. The van der Waals surface area contributed by atoms with E-state index in [2.05, 4.69) is 15.6 Å². The van der Waals surface area contributed by atoms with E-state index in [1.807, 2.05) is 51.1 Å².